The van der Waals surface area contributed by atoms with E-state index in [0.29, 0.717) is 36.0 Å². The molecule has 0 fully saturated rings. The maximum atomic E-state index is 13.1. The standard InChI is InChI=1S/C25H27N5O3/c1-16(31)30-15-25(2,3)20-8-7-18(13-21(20)30)29-24(32)19-6-5-10-27-23(19)28-14-17-9-11-26-22(12-17)33-4/h5-13H,14-15H2,1-4H3,(H,27,28)(H,29,32). The lowest BCUT2D eigenvalue weighted by Crippen LogP contribution is -2.32. The zero-order valence-corrected chi connectivity index (χ0v) is 19.2. The lowest BCUT2D eigenvalue weighted by Gasteiger charge is -2.19. The molecule has 0 aliphatic carbocycles. The van der Waals surface area contributed by atoms with Crippen molar-refractivity contribution < 1.29 is 14.3 Å². The zero-order valence-electron chi connectivity index (χ0n) is 19.2. The molecule has 1 aliphatic rings. The number of fused-ring (bicyclic) bond motifs is 1. The van der Waals surface area contributed by atoms with Gasteiger partial charge in [-0.3, -0.25) is 9.59 Å². The van der Waals surface area contributed by atoms with Gasteiger partial charge >= 0.3 is 0 Å². The summed E-state index contributed by atoms with van der Waals surface area (Å²) in [6.07, 6.45) is 3.30. The Bertz CT molecular complexity index is 1210. The number of nitrogens with zero attached hydrogens (tertiary/aromatic N) is 3. The molecule has 1 aliphatic heterocycles. The van der Waals surface area contributed by atoms with Crippen LogP contribution in [0.4, 0.5) is 17.2 Å². The highest BCUT2D eigenvalue weighted by Crippen LogP contribution is 2.41. The number of amides is 2. The molecule has 33 heavy (non-hydrogen) atoms. The quantitative estimate of drug-likeness (QED) is 0.596. The number of anilines is 3. The monoisotopic (exact) mass is 445 g/mol. The number of methoxy groups -OCH3 is 1. The molecule has 4 rings (SSSR count). The van der Waals surface area contributed by atoms with Crippen molar-refractivity contribution in [3.05, 3.63) is 71.5 Å². The number of hydrogen-bond donors (Lipinski definition) is 2. The molecule has 0 bridgehead atoms. The molecule has 3 heterocycles. The number of rotatable bonds is 6. The Morgan fingerprint density at radius 1 is 1.12 bits per heavy atom. The maximum Gasteiger partial charge on any atom is 0.259 e. The first-order valence-corrected chi connectivity index (χ1v) is 10.7. The smallest absolute Gasteiger partial charge is 0.259 e. The largest absolute Gasteiger partial charge is 0.481 e. The van der Waals surface area contributed by atoms with Gasteiger partial charge in [0.15, 0.2) is 0 Å². The molecular weight excluding hydrogens is 418 g/mol. The van der Waals surface area contributed by atoms with Gasteiger partial charge in [-0.1, -0.05) is 19.9 Å². The molecule has 0 saturated carbocycles. The van der Waals surface area contributed by atoms with Crippen molar-refractivity contribution in [1.29, 1.82) is 0 Å². The van der Waals surface area contributed by atoms with E-state index in [9.17, 15) is 9.59 Å². The Morgan fingerprint density at radius 2 is 1.94 bits per heavy atom. The van der Waals surface area contributed by atoms with E-state index in [4.69, 9.17) is 4.74 Å². The van der Waals surface area contributed by atoms with Crippen molar-refractivity contribution >= 4 is 29.0 Å². The fraction of sp³-hybridized carbons (Fsp3) is 0.280. The van der Waals surface area contributed by atoms with E-state index in [1.165, 1.54) is 0 Å². The van der Waals surface area contributed by atoms with E-state index < -0.39 is 0 Å². The second-order valence-corrected chi connectivity index (χ2v) is 8.63. The summed E-state index contributed by atoms with van der Waals surface area (Å²) in [5, 5.41) is 6.16. The predicted octanol–water partition coefficient (Wildman–Crippen LogP) is 3.99. The molecule has 0 spiro atoms. The Balaban J connectivity index is 1.53. The number of aromatic nitrogens is 2. The van der Waals surface area contributed by atoms with Crippen LogP contribution in [-0.2, 0) is 16.8 Å². The molecule has 0 unspecified atom stereocenters. The van der Waals surface area contributed by atoms with Crippen LogP contribution >= 0.6 is 0 Å². The summed E-state index contributed by atoms with van der Waals surface area (Å²) in [6, 6.07) is 12.8. The van der Waals surface area contributed by atoms with Crippen LogP contribution in [0.15, 0.2) is 54.9 Å². The average molecular weight is 446 g/mol. The predicted molar refractivity (Wildman–Crippen MR) is 128 cm³/mol. The van der Waals surface area contributed by atoms with Crippen LogP contribution in [0.5, 0.6) is 5.88 Å². The third-order valence-corrected chi connectivity index (χ3v) is 5.73. The van der Waals surface area contributed by atoms with Gasteiger partial charge in [0.2, 0.25) is 11.8 Å². The van der Waals surface area contributed by atoms with Crippen molar-refractivity contribution in [3.63, 3.8) is 0 Å². The number of carbonyl (C=O) groups excluding carboxylic acids is 2. The van der Waals surface area contributed by atoms with Crippen molar-refractivity contribution in [3.8, 4) is 5.88 Å². The molecule has 8 heteroatoms. The maximum absolute atomic E-state index is 13.1. The first kappa shape index (κ1) is 22.3. The summed E-state index contributed by atoms with van der Waals surface area (Å²) in [5.74, 6) is 0.687. The van der Waals surface area contributed by atoms with Crippen molar-refractivity contribution in [2.75, 3.05) is 29.2 Å². The number of ether oxygens (including phenoxy) is 1. The summed E-state index contributed by atoms with van der Waals surface area (Å²) in [4.78, 5) is 35.4. The van der Waals surface area contributed by atoms with Gasteiger partial charge < -0.3 is 20.3 Å². The first-order chi connectivity index (χ1) is 15.8. The SMILES string of the molecule is COc1cc(CNc2ncccc2C(=O)Nc2ccc3c(c2)N(C(C)=O)CC3(C)C)ccn1. The third kappa shape index (κ3) is 4.64. The zero-order chi connectivity index (χ0) is 23.6. The molecule has 0 saturated heterocycles. The fourth-order valence-corrected chi connectivity index (χ4v) is 4.04. The minimum absolute atomic E-state index is 0.0169. The van der Waals surface area contributed by atoms with Crippen LogP contribution < -0.4 is 20.3 Å². The minimum atomic E-state index is -0.288. The van der Waals surface area contributed by atoms with Crippen LogP contribution in [0, 0.1) is 0 Å². The summed E-state index contributed by atoms with van der Waals surface area (Å²) in [7, 11) is 1.57. The molecule has 2 aromatic heterocycles. The Hall–Kier alpha value is -3.94. The van der Waals surface area contributed by atoms with E-state index in [-0.39, 0.29) is 17.2 Å². The molecule has 0 atom stereocenters. The molecule has 3 aromatic rings. The van der Waals surface area contributed by atoms with Gasteiger partial charge in [0.05, 0.1) is 12.7 Å². The summed E-state index contributed by atoms with van der Waals surface area (Å²) < 4.78 is 5.16. The number of benzene rings is 1. The van der Waals surface area contributed by atoms with Gasteiger partial charge in [0, 0.05) is 55.3 Å². The second-order valence-electron chi connectivity index (χ2n) is 8.63. The third-order valence-electron chi connectivity index (χ3n) is 5.73. The van der Waals surface area contributed by atoms with Crippen molar-refractivity contribution in [1.82, 2.24) is 9.97 Å². The van der Waals surface area contributed by atoms with Crippen LogP contribution in [0.1, 0.15) is 42.3 Å². The normalized spacial score (nSPS) is 13.9. The van der Waals surface area contributed by atoms with Gasteiger partial charge in [-0.25, -0.2) is 9.97 Å². The van der Waals surface area contributed by atoms with E-state index in [0.717, 1.165) is 16.8 Å². The summed E-state index contributed by atoms with van der Waals surface area (Å²) >= 11 is 0. The fourth-order valence-electron chi connectivity index (χ4n) is 4.04. The molecule has 2 amide bonds. The highest BCUT2D eigenvalue weighted by molar-refractivity contribution is 6.08. The number of pyridine rings is 2. The Labute approximate surface area is 193 Å². The lowest BCUT2D eigenvalue weighted by atomic mass is 9.87. The van der Waals surface area contributed by atoms with Crippen LogP contribution in [-0.4, -0.2) is 35.4 Å². The van der Waals surface area contributed by atoms with E-state index >= 15 is 0 Å². The van der Waals surface area contributed by atoms with Gasteiger partial charge in [0.1, 0.15) is 5.82 Å². The number of nitrogens with one attached hydrogen (secondary N) is 2. The van der Waals surface area contributed by atoms with Gasteiger partial charge in [0.25, 0.3) is 5.91 Å². The van der Waals surface area contributed by atoms with Gasteiger partial charge in [-0.05, 0) is 41.5 Å². The molecule has 0 radical (unpaired) electrons. The lowest BCUT2D eigenvalue weighted by molar-refractivity contribution is -0.116. The van der Waals surface area contributed by atoms with Gasteiger partial charge in [-0.15, -0.1) is 0 Å². The number of carbonyl (C=O) groups is 2. The Kier molecular flexibility index (Phi) is 6.00. The molecule has 8 nitrogen and oxygen atoms in total. The van der Waals surface area contributed by atoms with Crippen LogP contribution in [0.3, 0.4) is 0 Å². The van der Waals surface area contributed by atoms with E-state index in [1.807, 2.05) is 30.3 Å². The van der Waals surface area contributed by atoms with Crippen LogP contribution in [0.2, 0.25) is 0 Å². The summed E-state index contributed by atoms with van der Waals surface area (Å²) in [5.41, 5.74) is 3.77. The molecule has 170 valence electrons. The highest BCUT2D eigenvalue weighted by Gasteiger charge is 2.37. The average Bonchev–Trinajstić information content (AvgIpc) is 3.08. The van der Waals surface area contributed by atoms with Crippen LogP contribution in [0.25, 0.3) is 0 Å². The molecule has 2 N–H and O–H groups in total. The second kappa shape index (κ2) is 8.90. The molecule has 1 aromatic carbocycles. The number of hydrogen-bond acceptors (Lipinski definition) is 6. The highest BCUT2D eigenvalue weighted by atomic mass is 16.5. The topological polar surface area (TPSA) is 96.5 Å². The van der Waals surface area contributed by atoms with Crippen molar-refractivity contribution in [2.24, 2.45) is 0 Å². The first-order valence-electron chi connectivity index (χ1n) is 10.7. The minimum Gasteiger partial charge on any atom is -0.481 e. The van der Waals surface area contributed by atoms with E-state index in [1.54, 1.807) is 43.5 Å². The van der Waals surface area contributed by atoms with E-state index in [2.05, 4.69) is 34.4 Å². The Morgan fingerprint density at radius 3 is 2.70 bits per heavy atom. The van der Waals surface area contributed by atoms with Gasteiger partial charge in [-0.2, -0.15) is 0 Å². The summed E-state index contributed by atoms with van der Waals surface area (Å²) in [6.45, 7) is 6.85. The molecular formula is C25H27N5O3. The van der Waals surface area contributed by atoms with Crippen molar-refractivity contribution in [2.45, 2.75) is 32.7 Å².